The van der Waals surface area contributed by atoms with Crippen LogP contribution in [0.25, 0.3) is 11.1 Å². The number of hydrogen-bond donors (Lipinski definition) is 0. The molecular weight excluding hydrogens is 418 g/mol. The van der Waals surface area contributed by atoms with Crippen molar-refractivity contribution in [3.8, 4) is 34.1 Å². The van der Waals surface area contributed by atoms with Crippen molar-refractivity contribution in [2.75, 3.05) is 0 Å². The van der Waals surface area contributed by atoms with E-state index >= 15 is 0 Å². The van der Waals surface area contributed by atoms with Crippen LogP contribution in [0.3, 0.4) is 0 Å². The van der Waals surface area contributed by atoms with Gasteiger partial charge in [0, 0.05) is 17.3 Å². The van der Waals surface area contributed by atoms with Gasteiger partial charge in [0.25, 0.3) is 0 Å². The van der Waals surface area contributed by atoms with E-state index in [2.05, 4.69) is 26.5 Å². The first-order valence-corrected chi connectivity index (χ1v) is 9.14. The molecule has 0 aliphatic carbocycles. The number of rotatable bonds is 3. The molecule has 0 amide bonds. The lowest BCUT2D eigenvalue weighted by molar-refractivity contribution is -0.274. The van der Waals surface area contributed by atoms with E-state index in [1.54, 1.807) is 42.7 Å². The van der Waals surface area contributed by atoms with E-state index in [1.165, 1.54) is 18.3 Å². The molecule has 0 unspecified atom stereocenters. The van der Waals surface area contributed by atoms with E-state index in [0.717, 1.165) is 11.1 Å². The lowest BCUT2D eigenvalue weighted by atomic mass is 9.99. The van der Waals surface area contributed by atoms with Crippen LogP contribution in [0.1, 0.15) is 16.8 Å². The zero-order valence-corrected chi connectivity index (χ0v) is 16.1. The van der Waals surface area contributed by atoms with Crippen LogP contribution in [0.15, 0.2) is 53.7 Å². The molecule has 1 aromatic heterocycles. The minimum Gasteiger partial charge on any atom is -0.406 e. The molecule has 0 aliphatic rings. The Labute approximate surface area is 173 Å². The van der Waals surface area contributed by atoms with E-state index in [0.29, 0.717) is 22.9 Å². The van der Waals surface area contributed by atoms with Gasteiger partial charge in [-0.3, -0.25) is 0 Å². The average molecular weight is 429 g/mol. The van der Waals surface area contributed by atoms with Crippen molar-refractivity contribution >= 4 is 11.8 Å². The van der Waals surface area contributed by atoms with Gasteiger partial charge in [-0.1, -0.05) is 24.1 Å². The van der Waals surface area contributed by atoms with E-state index in [4.69, 9.17) is 5.26 Å². The van der Waals surface area contributed by atoms with E-state index < -0.39 is 12.3 Å². The average Bonchev–Trinajstić information content (AvgIpc) is 2.67. The third kappa shape index (κ3) is 5.49. The minimum absolute atomic E-state index is 0.141. The van der Waals surface area contributed by atoms with Gasteiger partial charge in [-0.2, -0.15) is 9.65 Å². The van der Waals surface area contributed by atoms with Gasteiger partial charge >= 0.3 is 6.36 Å². The highest BCUT2D eigenvalue weighted by atomic mass is 32.2. The standard InChI is InChI=1S/C21H11F4N3OS/c1-13-10-16(29-21(23,24)25)7-8-17(13)15-5-2-14(3-6-15)4-9-18-20(22)28-19(11-27-18)30-12-26/h2-3,5-8,10-11H,1H3. The predicted molar refractivity (Wildman–Crippen MR) is 103 cm³/mol. The van der Waals surface area contributed by atoms with Crippen molar-refractivity contribution in [3.05, 3.63) is 71.4 Å². The number of aryl methyl sites for hydroxylation is 1. The maximum atomic E-state index is 13.9. The number of aromatic nitrogens is 2. The summed E-state index contributed by atoms with van der Waals surface area (Å²) in [5.41, 5.74) is 2.58. The lowest BCUT2D eigenvalue weighted by Crippen LogP contribution is -2.17. The number of alkyl halides is 3. The van der Waals surface area contributed by atoms with Gasteiger partial charge in [-0.15, -0.1) is 13.2 Å². The summed E-state index contributed by atoms with van der Waals surface area (Å²) >= 11 is 0.697. The fourth-order valence-corrected chi connectivity index (χ4v) is 2.88. The Morgan fingerprint density at radius 3 is 2.40 bits per heavy atom. The van der Waals surface area contributed by atoms with Crippen LogP contribution in [0.2, 0.25) is 0 Å². The molecule has 0 saturated carbocycles. The van der Waals surface area contributed by atoms with Gasteiger partial charge in [0.15, 0.2) is 5.69 Å². The fraction of sp³-hybridized carbons (Fsp3) is 0.0952. The molecule has 0 fully saturated rings. The molecule has 1 heterocycles. The smallest absolute Gasteiger partial charge is 0.406 e. The second-order valence-electron chi connectivity index (χ2n) is 5.89. The molecule has 0 saturated heterocycles. The topological polar surface area (TPSA) is 58.8 Å². The second-order valence-corrected chi connectivity index (χ2v) is 6.70. The lowest BCUT2D eigenvalue weighted by Gasteiger charge is -2.12. The number of ether oxygens (including phenoxy) is 1. The molecule has 9 heteroatoms. The number of thiocyanates is 1. The van der Waals surface area contributed by atoms with Crippen LogP contribution >= 0.6 is 11.8 Å². The van der Waals surface area contributed by atoms with Gasteiger partial charge in [-0.25, -0.2) is 9.97 Å². The highest BCUT2D eigenvalue weighted by molar-refractivity contribution is 8.03. The molecule has 0 radical (unpaired) electrons. The number of nitrogens with zero attached hydrogens (tertiary/aromatic N) is 3. The van der Waals surface area contributed by atoms with Gasteiger partial charge in [0.1, 0.15) is 16.2 Å². The molecule has 0 N–H and O–H groups in total. The summed E-state index contributed by atoms with van der Waals surface area (Å²) in [6, 6.07) is 11.0. The number of hydrogen-bond acceptors (Lipinski definition) is 5. The first-order chi connectivity index (χ1) is 14.2. The Balaban J connectivity index is 1.78. The van der Waals surface area contributed by atoms with Gasteiger partial charge in [-0.05, 0) is 53.8 Å². The highest BCUT2D eigenvalue weighted by Crippen LogP contribution is 2.30. The number of benzene rings is 2. The molecule has 0 spiro atoms. The maximum Gasteiger partial charge on any atom is 0.573 e. The molecule has 30 heavy (non-hydrogen) atoms. The van der Waals surface area contributed by atoms with Crippen LogP contribution in [0.5, 0.6) is 5.75 Å². The van der Waals surface area contributed by atoms with E-state index in [9.17, 15) is 17.6 Å². The van der Waals surface area contributed by atoms with Gasteiger partial charge in [0.2, 0.25) is 5.95 Å². The van der Waals surface area contributed by atoms with Crippen molar-refractivity contribution in [2.45, 2.75) is 18.3 Å². The minimum atomic E-state index is -4.74. The molecule has 4 nitrogen and oxygen atoms in total. The number of thioether (sulfide) groups is 1. The highest BCUT2D eigenvalue weighted by Gasteiger charge is 2.31. The third-order valence-corrected chi connectivity index (χ3v) is 4.31. The Morgan fingerprint density at radius 1 is 1.07 bits per heavy atom. The van der Waals surface area contributed by atoms with Crippen molar-refractivity contribution < 1.29 is 22.3 Å². The predicted octanol–water partition coefficient (Wildman–Crippen LogP) is 5.46. The van der Waals surface area contributed by atoms with Gasteiger partial charge < -0.3 is 4.74 Å². The Kier molecular flexibility index (Phi) is 6.24. The molecule has 2 aromatic carbocycles. The molecule has 0 atom stereocenters. The molecule has 150 valence electrons. The maximum absolute atomic E-state index is 13.9. The van der Waals surface area contributed by atoms with Crippen molar-refractivity contribution in [3.63, 3.8) is 0 Å². The summed E-state index contributed by atoms with van der Waals surface area (Å²) < 4.78 is 54.8. The van der Waals surface area contributed by atoms with Crippen molar-refractivity contribution in [1.29, 1.82) is 5.26 Å². The van der Waals surface area contributed by atoms with Crippen LogP contribution < -0.4 is 4.74 Å². The number of halogens is 4. The molecule has 3 aromatic rings. The van der Waals surface area contributed by atoms with E-state index in [-0.39, 0.29) is 16.5 Å². The van der Waals surface area contributed by atoms with Crippen LogP contribution in [-0.2, 0) is 0 Å². The molecule has 0 aliphatic heterocycles. The summed E-state index contributed by atoms with van der Waals surface area (Å²) in [4.78, 5) is 7.44. The first kappa shape index (κ1) is 21.2. The zero-order valence-electron chi connectivity index (χ0n) is 15.3. The van der Waals surface area contributed by atoms with Crippen LogP contribution in [0, 0.1) is 35.4 Å². The summed E-state index contributed by atoms with van der Waals surface area (Å²) in [6.07, 6.45) is -3.48. The largest absolute Gasteiger partial charge is 0.573 e. The van der Waals surface area contributed by atoms with Crippen molar-refractivity contribution in [2.24, 2.45) is 0 Å². The third-order valence-electron chi connectivity index (χ3n) is 3.81. The fourth-order valence-electron chi connectivity index (χ4n) is 2.55. The Bertz CT molecular complexity index is 1180. The number of nitriles is 1. The Hall–Kier alpha value is -3.56. The zero-order chi connectivity index (χ0) is 21.7. The molecule has 3 rings (SSSR count). The summed E-state index contributed by atoms with van der Waals surface area (Å²) in [7, 11) is 0. The SMILES string of the molecule is Cc1cc(OC(F)(F)F)ccc1-c1ccc(C#Cc2ncc(SC#N)nc2F)cc1. The quantitative estimate of drug-likeness (QED) is 0.239. The normalized spacial score (nSPS) is 10.7. The molecule has 0 bridgehead atoms. The van der Waals surface area contributed by atoms with Crippen LogP contribution in [-0.4, -0.2) is 16.3 Å². The van der Waals surface area contributed by atoms with Crippen molar-refractivity contribution in [1.82, 2.24) is 9.97 Å². The summed E-state index contributed by atoms with van der Waals surface area (Å²) in [5, 5.41) is 10.5. The Morgan fingerprint density at radius 2 is 1.80 bits per heavy atom. The second kappa shape index (κ2) is 8.85. The van der Waals surface area contributed by atoms with Gasteiger partial charge in [0.05, 0.1) is 6.20 Å². The summed E-state index contributed by atoms with van der Waals surface area (Å²) in [6.45, 7) is 1.68. The summed E-state index contributed by atoms with van der Waals surface area (Å²) in [5.74, 6) is 4.21. The molecular formula is C21H11F4N3OS. The van der Waals surface area contributed by atoms with Crippen LogP contribution in [0.4, 0.5) is 17.6 Å². The first-order valence-electron chi connectivity index (χ1n) is 8.32. The van der Waals surface area contributed by atoms with E-state index in [1.807, 2.05) is 0 Å². The monoisotopic (exact) mass is 429 g/mol.